The average Bonchev–Trinajstić information content (AvgIpc) is 2.26. The number of carbonyl (C=O) groups excluding carboxylic acids is 2. The van der Waals surface area contributed by atoms with Gasteiger partial charge in [-0.1, -0.05) is 20.8 Å². The summed E-state index contributed by atoms with van der Waals surface area (Å²) in [6, 6.07) is 0. The summed E-state index contributed by atoms with van der Waals surface area (Å²) in [6.07, 6.45) is 1.51. The summed E-state index contributed by atoms with van der Waals surface area (Å²) in [5, 5.41) is -3.56. The van der Waals surface area contributed by atoms with E-state index in [1.165, 1.54) is 0 Å². The molecule has 114 valence electrons. The van der Waals surface area contributed by atoms with Gasteiger partial charge in [0.1, 0.15) is 0 Å². The van der Waals surface area contributed by atoms with Crippen molar-refractivity contribution in [1.82, 2.24) is 0 Å². The zero-order chi connectivity index (χ0) is 16.1. The first-order chi connectivity index (χ1) is 8.99. The molecular weight excluding hydrogens is 312 g/mol. The fraction of sp³-hybridized carbons (Fsp3) is 0.400. The number of ketones is 2. The fourth-order valence-corrected chi connectivity index (χ4v) is 3.21. The van der Waals surface area contributed by atoms with Crippen molar-refractivity contribution in [2.75, 3.05) is 0 Å². The maximum atomic E-state index is 11.5. The lowest BCUT2D eigenvalue weighted by molar-refractivity contribution is -0.119. The van der Waals surface area contributed by atoms with Crippen LogP contribution in [0.1, 0.15) is 13.8 Å². The minimum atomic E-state index is -4.69. The van der Waals surface area contributed by atoms with Gasteiger partial charge in [-0.15, -0.1) is 13.2 Å². The molecule has 0 saturated heterocycles. The first-order valence-corrected chi connectivity index (χ1v) is 8.05. The van der Waals surface area contributed by atoms with E-state index in [0.29, 0.717) is 0 Å². The highest BCUT2D eigenvalue weighted by Gasteiger charge is 2.35. The van der Waals surface area contributed by atoms with E-state index in [1.54, 1.807) is 0 Å². The first kappa shape index (κ1) is 18.6. The smallest absolute Gasteiger partial charge is 0.298 e. The van der Waals surface area contributed by atoms with E-state index in [9.17, 15) is 26.4 Å². The van der Waals surface area contributed by atoms with Gasteiger partial charge in [0.25, 0.3) is 0 Å². The summed E-state index contributed by atoms with van der Waals surface area (Å²) < 4.78 is 53.7. The van der Waals surface area contributed by atoms with Crippen LogP contribution in [0.3, 0.4) is 0 Å². The molecule has 0 aliphatic heterocycles. The quantitative estimate of drug-likeness (QED) is 0.327. The Morgan fingerprint density at radius 2 is 1.10 bits per heavy atom. The second-order valence-electron chi connectivity index (χ2n) is 3.66. The van der Waals surface area contributed by atoms with Gasteiger partial charge in [0.05, 0.1) is 0 Å². The van der Waals surface area contributed by atoms with Gasteiger partial charge in [0.15, 0.2) is 22.1 Å². The molecule has 2 unspecified atom stereocenters. The summed E-state index contributed by atoms with van der Waals surface area (Å²) in [5.41, 5.74) is 0. The van der Waals surface area contributed by atoms with Gasteiger partial charge >= 0.3 is 20.2 Å². The molecule has 0 bridgehead atoms. The van der Waals surface area contributed by atoms with E-state index < -0.39 is 42.3 Å². The van der Waals surface area contributed by atoms with Crippen molar-refractivity contribution in [2.24, 2.45) is 0 Å². The minimum absolute atomic E-state index is 0.754. The van der Waals surface area contributed by atoms with Crippen molar-refractivity contribution >= 4 is 31.8 Å². The van der Waals surface area contributed by atoms with E-state index in [0.717, 1.165) is 26.0 Å². The Morgan fingerprint density at radius 1 is 0.850 bits per heavy atom. The average molecular weight is 326 g/mol. The topological polar surface area (TPSA) is 121 Å². The van der Waals surface area contributed by atoms with Crippen molar-refractivity contribution in [1.29, 1.82) is 0 Å². The lowest BCUT2D eigenvalue weighted by atomic mass is 10.3. The Balaban J connectivity index is 5.20. The third-order valence-electron chi connectivity index (χ3n) is 2.07. The second-order valence-corrected chi connectivity index (χ2v) is 6.91. The molecule has 2 atom stereocenters. The van der Waals surface area contributed by atoms with Gasteiger partial charge in [0.2, 0.25) is 0 Å². The molecular formula is C10H14O8S2. The lowest BCUT2D eigenvalue weighted by Gasteiger charge is -2.12. The van der Waals surface area contributed by atoms with Crippen molar-refractivity contribution < 1.29 is 35.1 Å². The van der Waals surface area contributed by atoms with Crippen molar-refractivity contribution in [3.63, 3.8) is 0 Å². The largest absolute Gasteiger partial charge is 0.308 e. The van der Waals surface area contributed by atoms with Gasteiger partial charge in [-0.25, -0.2) is 0 Å². The fourth-order valence-electron chi connectivity index (χ4n) is 1.14. The Hall–Kier alpha value is -1.36. The molecule has 0 aromatic carbocycles. The normalized spacial score (nSPS) is 15.1. The molecule has 10 heteroatoms. The highest BCUT2D eigenvalue weighted by atomic mass is 32.2. The molecule has 0 aromatic rings. The summed E-state index contributed by atoms with van der Waals surface area (Å²) >= 11 is 0. The standard InChI is InChI=1S/C10H14O8S2/c1-5-9(7(3)11)19(13,14)17-18-20(15,16)10(6-2)8(4)12/h5-6,9-10H,1-2H2,3-4H3. The number of carbonyl (C=O) groups is 2. The van der Waals surface area contributed by atoms with Crippen LogP contribution in [-0.4, -0.2) is 38.9 Å². The van der Waals surface area contributed by atoms with Crippen LogP contribution >= 0.6 is 0 Å². The first-order valence-electron chi connectivity index (χ1n) is 5.11. The Kier molecular flexibility index (Phi) is 6.41. The molecule has 0 N–H and O–H groups in total. The van der Waals surface area contributed by atoms with Gasteiger partial charge in [-0.2, -0.15) is 16.8 Å². The SMILES string of the molecule is C=CC(C(C)=O)S(=O)(=O)OOS(=O)(=O)C(C=C)C(C)=O. The van der Waals surface area contributed by atoms with Crippen molar-refractivity contribution in [3.8, 4) is 0 Å². The van der Waals surface area contributed by atoms with Crippen LogP contribution < -0.4 is 0 Å². The van der Waals surface area contributed by atoms with E-state index in [2.05, 4.69) is 21.8 Å². The number of rotatable bonds is 9. The monoisotopic (exact) mass is 326 g/mol. The van der Waals surface area contributed by atoms with Crippen LogP contribution in [0.2, 0.25) is 0 Å². The van der Waals surface area contributed by atoms with Crippen LogP contribution in [0.4, 0.5) is 0 Å². The maximum Gasteiger partial charge on any atom is 0.308 e. The number of Topliss-reactive ketones (excluding diaryl/α,β-unsaturated/α-hetero) is 2. The lowest BCUT2D eigenvalue weighted by Crippen LogP contribution is -2.32. The highest BCUT2D eigenvalue weighted by Crippen LogP contribution is 2.13. The molecule has 0 rings (SSSR count). The number of hydrogen-bond donors (Lipinski definition) is 0. The summed E-state index contributed by atoms with van der Waals surface area (Å²) in [5.74, 6) is -1.68. The van der Waals surface area contributed by atoms with E-state index in [1.807, 2.05) is 0 Å². The molecule has 0 saturated carbocycles. The molecule has 20 heavy (non-hydrogen) atoms. The number of hydrogen-bond acceptors (Lipinski definition) is 8. The molecule has 0 fully saturated rings. The Labute approximate surface area is 117 Å². The second kappa shape index (κ2) is 6.88. The predicted molar refractivity (Wildman–Crippen MR) is 69.3 cm³/mol. The summed E-state index contributed by atoms with van der Waals surface area (Å²) in [7, 11) is -9.37. The Bertz CT molecular complexity index is 558. The van der Waals surface area contributed by atoms with Crippen molar-refractivity contribution in [3.05, 3.63) is 25.3 Å². The zero-order valence-corrected chi connectivity index (χ0v) is 12.4. The van der Waals surface area contributed by atoms with Gasteiger partial charge < -0.3 is 0 Å². The van der Waals surface area contributed by atoms with Crippen LogP contribution in [0.25, 0.3) is 0 Å². The van der Waals surface area contributed by atoms with Gasteiger partial charge in [0, 0.05) is 0 Å². The molecule has 0 spiro atoms. The summed E-state index contributed by atoms with van der Waals surface area (Å²) in [6.45, 7) is 8.13. The molecule has 8 nitrogen and oxygen atoms in total. The van der Waals surface area contributed by atoms with Gasteiger partial charge in [-0.05, 0) is 13.8 Å². The van der Waals surface area contributed by atoms with Crippen LogP contribution in [-0.2, 0) is 38.5 Å². The molecule has 0 aliphatic carbocycles. The van der Waals surface area contributed by atoms with Crippen molar-refractivity contribution in [2.45, 2.75) is 24.3 Å². The predicted octanol–water partition coefficient (Wildman–Crippen LogP) is -0.119. The maximum absolute atomic E-state index is 11.5. The molecule has 0 amide bonds. The third kappa shape index (κ3) is 4.63. The van der Waals surface area contributed by atoms with Crippen LogP contribution in [0.5, 0.6) is 0 Å². The van der Waals surface area contributed by atoms with Crippen LogP contribution in [0.15, 0.2) is 25.3 Å². The van der Waals surface area contributed by atoms with E-state index in [4.69, 9.17) is 0 Å². The minimum Gasteiger partial charge on any atom is -0.298 e. The zero-order valence-electron chi connectivity index (χ0n) is 10.8. The highest BCUT2D eigenvalue weighted by molar-refractivity contribution is 7.90. The van der Waals surface area contributed by atoms with Gasteiger partial charge in [-0.3, -0.25) is 9.59 Å². The Morgan fingerprint density at radius 3 is 1.25 bits per heavy atom. The van der Waals surface area contributed by atoms with E-state index >= 15 is 0 Å². The summed E-state index contributed by atoms with van der Waals surface area (Å²) in [4.78, 5) is 22.1. The molecule has 0 heterocycles. The molecule has 0 aliphatic rings. The van der Waals surface area contributed by atoms with Crippen LogP contribution in [0, 0.1) is 0 Å². The molecule has 0 radical (unpaired) electrons. The molecule has 0 aromatic heterocycles. The van der Waals surface area contributed by atoms with E-state index in [-0.39, 0.29) is 0 Å². The third-order valence-corrected chi connectivity index (χ3v) is 4.96.